The molecule has 1 saturated heterocycles. The van der Waals surface area contributed by atoms with E-state index in [1.54, 1.807) is 6.07 Å². The lowest BCUT2D eigenvalue weighted by molar-refractivity contribution is -0.124. The average molecular weight is 540 g/mol. The first kappa shape index (κ1) is 26.0. The van der Waals surface area contributed by atoms with E-state index in [0.29, 0.717) is 37.0 Å². The van der Waals surface area contributed by atoms with Gasteiger partial charge in [0.25, 0.3) is 0 Å². The maximum Gasteiger partial charge on any atom is 0.337 e. The van der Waals surface area contributed by atoms with Gasteiger partial charge in [0.05, 0.1) is 43.8 Å². The van der Waals surface area contributed by atoms with Gasteiger partial charge in [0.1, 0.15) is 5.75 Å². The molecule has 0 amide bonds. The summed E-state index contributed by atoms with van der Waals surface area (Å²) in [6, 6.07) is 11.9. The minimum atomic E-state index is -0.343. The molecule has 2 fully saturated rings. The Labute approximate surface area is 230 Å². The predicted octanol–water partition coefficient (Wildman–Crippen LogP) is 5.41. The monoisotopic (exact) mass is 539 g/mol. The van der Waals surface area contributed by atoms with Crippen LogP contribution in [-0.2, 0) is 21.3 Å². The number of methoxy groups -OCH3 is 1. The van der Waals surface area contributed by atoms with E-state index in [1.165, 1.54) is 18.2 Å². The number of rotatable bonds is 4. The molecule has 38 heavy (non-hydrogen) atoms. The van der Waals surface area contributed by atoms with Gasteiger partial charge in [-0.2, -0.15) is 0 Å². The van der Waals surface area contributed by atoms with Crippen molar-refractivity contribution in [1.82, 2.24) is 0 Å². The molecule has 1 spiro atoms. The number of nitrogens with zero attached hydrogens (tertiary/aromatic N) is 1. The lowest BCUT2D eigenvalue weighted by Gasteiger charge is -2.48. The van der Waals surface area contributed by atoms with Crippen LogP contribution < -0.4 is 9.64 Å². The highest BCUT2D eigenvalue weighted by Gasteiger charge is 2.45. The molecule has 1 saturated carbocycles. The molecule has 6 atom stereocenters. The number of carbonyl (C=O) groups is 1. The van der Waals surface area contributed by atoms with Crippen molar-refractivity contribution >= 4 is 23.3 Å². The Morgan fingerprint density at radius 3 is 2.87 bits per heavy atom. The molecule has 2 aromatic rings. The minimum Gasteiger partial charge on any atom is -0.490 e. The number of carbonyl (C=O) groups excluding carboxylic acids is 1. The van der Waals surface area contributed by atoms with Crippen LogP contribution >= 0.6 is 11.6 Å². The smallest absolute Gasteiger partial charge is 0.337 e. The lowest BCUT2D eigenvalue weighted by atomic mass is 9.67. The van der Waals surface area contributed by atoms with E-state index in [4.69, 9.17) is 25.8 Å². The SMILES string of the molecule is COC(=O)c1ccc2c(c1)N(C[C@@H]1CC[C@H]1[C@@H]1C[C@H](O)[C@@H](C)CO1)C[C@@]1(CCCc3cc(Cl)ccc31)CO2. The Morgan fingerprint density at radius 1 is 1.24 bits per heavy atom. The van der Waals surface area contributed by atoms with Crippen LogP contribution in [0.1, 0.15) is 60.5 Å². The second kappa shape index (κ2) is 10.4. The van der Waals surface area contributed by atoms with Gasteiger partial charge >= 0.3 is 5.97 Å². The van der Waals surface area contributed by atoms with Gasteiger partial charge in [-0.25, -0.2) is 4.79 Å². The molecule has 204 valence electrons. The Hall–Kier alpha value is -2.28. The number of aliphatic hydroxyl groups excluding tert-OH is 1. The number of aryl methyl sites for hydroxylation is 1. The third-order valence-corrected chi connectivity index (χ3v) is 9.81. The van der Waals surface area contributed by atoms with Crippen LogP contribution in [0.15, 0.2) is 36.4 Å². The van der Waals surface area contributed by atoms with Crippen LogP contribution in [0.25, 0.3) is 0 Å². The molecule has 4 aliphatic rings. The quantitative estimate of drug-likeness (QED) is 0.524. The Morgan fingerprint density at radius 2 is 2.11 bits per heavy atom. The van der Waals surface area contributed by atoms with Gasteiger partial charge in [-0.05, 0) is 85.4 Å². The fourth-order valence-corrected chi connectivity index (χ4v) is 7.37. The molecular weight excluding hydrogens is 502 g/mol. The van der Waals surface area contributed by atoms with E-state index in [2.05, 4.69) is 24.0 Å². The highest BCUT2D eigenvalue weighted by Crippen LogP contribution is 2.47. The van der Waals surface area contributed by atoms with Crippen molar-refractivity contribution in [2.24, 2.45) is 17.8 Å². The number of aliphatic hydroxyl groups is 1. The zero-order valence-corrected chi connectivity index (χ0v) is 23.1. The standard InChI is InChI=1S/C31H38ClNO5/c1-19-16-37-29(14-27(19)34)24-8-5-22(24)15-33-17-31(11-3-4-20-12-23(32)7-9-25(20)31)18-38-28-10-6-21(13-26(28)33)30(35)36-2/h6-7,9-10,12-13,19,22,24,27,29,34H,3-5,8,11,14-18H2,1-2H3/t19-,22-,24+,27-,29-,31-/m0/s1. The zero-order valence-electron chi connectivity index (χ0n) is 22.3. The summed E-state index contributed by atoms with van der Waals surface area (Å²) < 4.78 is 17.8. The number of ether oxygens (including phenoxy) is 3. The van der Waals surface area contributed by atoms with Crippen LogP contribution in [0.2, 0.25) is 5.02 Å². The first-order valence-corrected chi connectivity index (χ1v) is 14.4. The molecule has 7 heteroatoms. The number of benzene rings is 2. The molecule has 1 N–H and O–H groups in total. The molecule has 2 aromatic carbocycles. The minimum absolute atomic E-state index is 0.107. The summed E-state index contributed by atoms with van der Waals surface area (Å²) in [5.74, 6) is 1.55. The van der Waals surface area contributed by atoms with Crippen LogP contribution in [0.4, 0.5) is 5.69 Å². The summed E-state index contributed by atoms with van der Waals surface area (Å²) in [7, 11) is 1.42. The van der Waals surface area contributed by atoms with Crippen LogP contribution in [0.5, 0.6) is 5.75 Å². The molecular formula is C31H38ClNO5. The van der Waals surface area contributed by atoms with Crippen molar-refractivity contribution in [3.8, 4) is 5.75 Å². The van der Waals surface area contributed by atoms with E-state index < -0.39 is 0 Å². The van der Waals surface area contributed by atoms with Crippen LogP contribution in [-0.4, -0.2) is 56.7 Å². The van der Waals surface area contributed by atoms with E-state index in [0.717, 1.165) is 61.7 Å². The summed E-state index contributed by atoms with van der Waals surface area (Å²) in [4.78, 5) is 14.9. The number of anilines is 1. The summed E-state index contributed by atoms with van der Waals surface area (Å²) >= 11 is 6.39. The maximum atomic E-state index is 12.5. The third-order valence-electron chi connectivity index (χ3n) is 9.57. The molecule has 0 aromatic heterocycles. The normalized spacial score (nSPS) is 32.4. The van der Waals surface area contributed by atoms with Gasteiger partial charge in [0.2, 0.25) is 0 Å². The second-order valence-corrected chi connectivity index (χ2v) is 12.4. The van der Waals surface area contributed by atoms with Crippen molar-refractivity contribution in [2.45, 2.75) is 63.1 Å². The van der Waals surface area contributed by atoms with Gasteiger partial charge in [-0.15, -0.1) is 0 Å². The average Bonchev–Trinajstić information content (AvgIpc) is 3.05. The number of esters is 1. The molecule has 6 nitrogen and oxygen atoms in total. The maximum absolute atomic E-state index is 12.5. The first-order valence-electron chi connectivity index (χ1n) is 14.1. The molecule has 0 unspecified atom stereocenters. The summed E-state index contributed by atoms with van der Waals surface area (Å²) in [6.07, 6.45) is 5.95. The zero-order chi connectivity index (χ0) is 26.4. The van der Waals surface area contributed by atoms with Crippen molar-refractivity contribution in [1.29, 1.82) is 0 Å². The first-order chi connectivity index (χ1) is 18.4. The molecule has 2 aliphatic carbocycles. The van der Waals surface area contributed by atoms with Crippen LogP contribution in [0, 0.1) is 17.8 Å². The van der Waals surface area contributed by atoms with E-state index in [1.807, 2.05) is 18.2 Å². The molecule has 2 heterocycles. The summed E-state index contributed by atoms with van der Waals surface area (Å²) in [5, 5.41) is 11.3. The van der Waals surface area contributed by atoms with Gasteiger partial charge < -0.3 is 24.2 Å². The Balaban J connectivity index is 1.33. The number of hydrogen-bond donors (Lipinski definition) is 1. The Kier molecular flexibility index (Phi) is 7.08. The third kappa shape index (κ3) is 4.69. The van der Waals surface area contributed by atoms with Crippen molar-refractivity contribution < 1.29 is 24.1 Å². The fraction of sp³-hybridized carbons (Fsp3) is 0.581. The number of hydrogen-bond acceptors (Lipinski definition) is 6. The fourth-order valence-electron chi connectivity index (χ4n) is 7.18. The molecule has 0 bridgehead atoms. The van der Waals surface area contributed by atoms with E-state index in [-0.39, 0.29) is 29.5 Å². The Bertz CT molecular complexity index is 1200. The number of halogens is 1. The largest absolute Gasteiger partial charge is 0.490 e. The predicted molar refractivity (Wildman–Crippen MR) is 147 cm³/mol. The summed E-state index contributed by atoms with van der Waals surface area (Å²) in [6.45, 7) is 4.95. The lowest BCUT2D eigenvalue weighted by Crippen LogP contribution is -2.51. The van der Waals surface area contributed by atoms with Crippen LogP contribution in [0.3, 0.4) is 0 Å². The second-order valence-electron chi connectivity index (χ2n) is 11.9. The summed E-state index contributed by atoms with van der Waals surface area (Å²) in [5.41, 5.74) is 3.97. The van der Waals surface area contributed by atoms with E-state index in [9.17, 15) is 9.90 Å². The molecule has 0 radical (unpaired) electrons. The van der Waals surface area contributed by atoms with Gasteiger partial charge in [0.15, 0.2) is 0 Å². The van der Waals surface area contributed by atoms with Crippen molar-refractivity contribution in [3.63, 3.8) is 0 Å². The van der Waals surface area contributed by atoms with Gasteiger partial charge in [-0.1, -0.05) is 24.6 Å². The highest BCUT2D eigenvalue weighted by atomic mass is 35.5. The van der Waals surface area contributed by atoms with Gasteiger partial charge in [0, 0.05) is 35.9 Å². The van der Waals surface area contributed by atoms with Crippen molar-refractivity contribution in [3.05, 3.63) is 58.1 Å². The molecule has 6 rings (SSSR count). The van der Waals surface area contributed by atoms with E-state index >= 15 is 0 Å². The molecule has 2 aliphatic heterocycles. The topological polar surface area (TPSA) is 68.2 Å². The van der Waals surface area contributed by atoms with Gasteiger partial charge in [-0.3, -0.25) is 0 Å². The highest BCUT2D eigenvalue weighted by molar-refractivity contribution is 6.30. The van der Waals surface area contributed by atoms with Crippen molar-refractivity contribution in [2.75, 3.05) is 38.3 Å². The number of fused-ring (bicyclic) bond motifs is 3.